The highest BCUT2D eigenvalue weighted by Crippen LogP contribution is 2.14. The molecule has 1 atom stereocenters. The third-order valence-electron chi connectivity index (χ3n) is 2.79. The van der Waals surface area contributed by atoms with Gasteiger partial charge < -0.3 is 5.11 Å². The Labute approximate surface area is 93.1 Å². The average molecular weight is 206 g/mol. The molecule has 0 saturated heterocycles. The first-order valence-corrected chi connectivity index (χ1v) is 5.82. The molecule has 84 valence electrons. The van der Waals surface area contributed by atoms with Crippen molar-refractivity contribution in [1.29, 1.82) is 0 Å². The second-order valence-electron chi connectivity index (χ2n) is 4.76. The molecule has 0 radical (unpaired) electrons. The van der Waals surface area contributed by atoms with Gasteiger partial charge in [0.05, 0.1) is 6.10 Å². The molecule has 0 saturated carbocycles. The minimum Gasteiger partial charge on any atom is -0.393 e. The van der Waals surface area contributed by atoms with Gasteiger partial charge in [0.25, 0.3) is 0 Å². The molecule has 1 unspecified atom stereocenters. The summed E-state index contributed by atoms with van der Waals surface area (Å²) in [6.07, 6.45) is 2.62. The maximum Gasteiger partial charge on any atom is 0.0580 e. The molecule has 0 spiro atoms. The molecule has 0 amide bonds. The number of aryl methyl sites for hydroxylation is 1. The van der Waals surface area contributed by atoms with Crippen molar-refractivity contribution in [2.75, 3.05) is 0 Å². The summed E-state index contributed by atoms with van der Waals surface area (Å²) in [5.74, 6) is 0.677. The summed E-state index contributed by atoms with van der Waals surface area (Å²) in [6.45, 7) is 6.49. The molecule has 1 N–H and O–H groups in total. The predicted molar refractivity (Wildman–Crippen MR) is 65.0 cm³/mol. The SMILES string of the molecule is Cc1ccccc1CC(O)CCC(C)C. The lowest BCUT2D eigenvalue weighted by Gasteiger charge is -2.13. The monoisotopic (exact) mass is 206 g/mol. The number of aliphatic hydroxyl groups is 1. The average Bonchev–Trinajstić information content (AvgIpc) is 2.18. The predicted octanol–water partition coefficient (Wildman–Crippen LogP) is 3.33. The topological polar surface area (TPSA) is 20.2 Å². The van der Waals surface area contributed by atoms with E-state index in [0.717, 1.165) is 19.3 Å². The Hall–Kier alpha value is -0.820. The van der Waals surface area contributed by atoms with Gasteiger partial charge in [-0.1, -0.05) is 38.1 Å². The molecule has 0 heterocycles. The quantitative estimate of drug-likeness (QED) is 0.783. The van der Waals surface area contributed by atoms with Gasteiger partial charge in [0.15, 0.2) is 0 Å². The van der Waals surface area contributed by atoms with E-state index in [9.17, 15) is 5.11 Å². The molecular formula is C14H22O. The minimum absolute atomic E-state index is 0.187. The Kier molecular flexibility index (Phi) is 4.83. The lowest BCUT2D eigenvalue weighted by molar-refractivity contribution is 0.156. The van der Waals surface area contributed by atoms with Gasteiger partial charge in [0, 0.05) is 0 Å². The van der Waals surface area contributed by atoms with Crippen LogP contribution in [-0.2, 0) is 6.42 Å². The van der Waals surface area contributed by atoms with E-state index in [1.165, 1.54) is 11.1 Å². The summed E-state index contributed by atoms with van der Waals surface area (Å²) < 4.78 is 0. The molecule has 1 aromatic rings. The molecule has 15 heavy (non-hydrogen) atoms. The van der Waals surface area contributed by atoms with Crippen molar-refractivity contribution in [1.82, 2.24) is 0 Å². The van der Waals surface area contributed by atoms with Crippen molar-refractivity contribution in [2.45, 2.75) is 46.1 Å². The van der Waals surface area contributed by atoms with Crippen LogP contribution in [0.5, 0.6) is 0 Å². The van der Waals surface area contributed by atoms with E-state index in [-0.39, 0.29) is 6.10 Å². The van der Waals surface area contributed by atoms with Crippen molar-refractivity contribution < 1.29 is 5.11 Å². The number of rotatable bonds is 5. The summed E-state index contributed by atoms with van der Waals surface area (Å²) in [5, 5.41) is 9.88. The zero-order chi connectivity index (χ0) is 11.3. The van der Waals surface area contributed by atoms with Crippen LogP contribution in [-0.4, -0.2) is 11.2 Å². The Morgan fingerprint density at radius 3 is 2.40 bits per heavy atom. The third-order valence-corrected chi connectivity index (χ3v) is 2.79. The minimum atomic E-state index is -0.187. The van der Waals surface area contributed by atoms with Gasteiger partial charge >= 0.3 is 0 Å². The fraction of sp³-hybridized carbons (Fsp3) is 0.571. The van der Waals surface area contributed by atoms with Crippen LogP contribution in [0.25, 0.3) is 0 Å². The molecule has 0 aliphatic rings. The Morgan fingerprint density at radius 2 is 1.80 bits per heavy atom. The largest absolute Gasteiger partial charge is 0.393 e. The van der Waals surface area contributed by atoms with Crippen LogP contribution >= 0.6 is 0 Å². The van der Waals surface area contributed by atoms with Crippen molar-refractivity contribution in [3.05, 3.63) is 35.4 Å². The lowest BCUT2D eigenvalue weighted by atomic mass is 9.98. The second kappa shape index (κ2) is 5.92. The zero-order valence-corrected chi connectivity index (χ0v) is 10.0. The van der Waals surface area contributed by atoms with Gasteiger partial charge in [0.1, 0.15) is 0 Å². The standard InChI is InChI=1S/C14H22O/c1-11(2)8-9-14(15)10-13-7-5-4-6-12(13)3/h4-7,11,14-15H,8-10H2,1-3H3. The van der Waals surface area contributed by atoms with E-state index in [2.05, 4.69) is 32.9 Å². The van der Waals surface area contributed by atoms with Gasteiger partial charge in [-0.25, -0.2) is 0 Å². The van der Waals surface area contributed by atoms with Crippen LogP contribution in [0, 0.1) is 12.8 Å². The summed E-state index contributed by atoms with van der Waals surface area (Å²) in [5.41, 5.74) is 2.55. The molecule has 1 heteroatoms. The van der Waals surface area contributed by atoms with Crippen LogP contribution < -0.4 is 0 Å². The van der Waals surface area contributed by atoms with E-state index in [0.29, 0.717) is 5.92 Å². The first-order chi connectivity index (χ1) is 7.09. The van der Waals surface area contributed by atoms with Crippen molar-refractivity contribution >= 4 is 0 Å². The van der Waals surface area contributed by atoms with Crippen LogP contribution in [0.4, 0.5) is 0 Å². The summed E-state index contributed by atoms with van der Waals surface area (Å²) >= 11 is 0. The maximum absolute atomic E-state index is 9.88. The number of hydrogen-bond donors (Lipinski definition) is 1. The molecule has 0 aromatic heterocycles. The van der Waals surface area contributed by atoms with E-state index in [1.54, 1.807) is 0 Å². The highest BCUT2D eigenvalue weighted by atomic mass is 16.3. The van der Waals surface area contributed by atoms with Crippen molar-refractivity contribution in [3.8, 4) is 0 Å². The van der Waals surface area contributed by atoms with Crippen molar-refractivity contribution in [2.24, 2.45) is 5.92 Å². The fourth-order valence-corrected chi connectivity index (χ4v) is 1.72. The highest BCUT2D eigenvalue weighted by molar-refractivity contribution is 5.26. The normalized spacial score (nSPS) is 13.1. The molecule has 0 bridgehead atoms. The van der Waals surface area contributed by atoms with Crippen molar-refractivity contribution in [3.63, 3.8) is 0 Å². The van der Waals surface area contributed by atoms with Gasteiger partial charge in [-0.05, 0) is 43.2 Å². The first kappa shape index (κ1) is 12.3. The fourth-order valence-electron chi connectivity index (χ4n) is 1.72. The van der Waals surface area contributed by atoms with Crippen LogP contribution in [0.2, 0.25) is 0 Å². The Bertz CT molecular complexity index is 291. The van der Waals surface area contributed by atoms with Crippen LogP contribution in [0.15, 0.2) is 24.3 Å². The number of aliphatic hydroxyl groups excluding tert-OH is 1. The smallest absolute Gasteiger partial charge is 0.0580 e. The highest BCUT2D eigenvalue weighted by Gasteiger charge is 2.07. The van der Waals surface area contributed by atoms with E-state index >= 15 is 0 Å². The van der Waals surface area contributed by atoms with E-state index in [4.69, 9.17) is 0 Å². The Balaban J connectivity index is 2.44. The molecule has 1 rings (SSSR count). The van der Waals surface area contributed by atoms with Crippen LogP contribution in [0.1, 0.15) is 37.8 Å². The Morgan fingerprint density at radius 1 is 1.13 bits per heavy atom. The summed E-state index contributed by atoms with van der Waals surface area (Å²) in [4.78, 5) is 0. The summed E-state index contributed by atoms with van der Waals surface area (Å²) in [6, 6.07) is 8.29. The van der Waals surface area contributed by atoms with E-state index < -0.39 is 0 Å². The molecule has 0 aliphatic heterocycles. The first-order valence-electron chi connectivity index (χ1n) is 5.82. The van der Waals surface area contributed by atoms with Gasteiger partial charge in [-0.3, -0.25) is 0 Å². The van der Waals surface area contributed by atoms with Gasteiger partial charge in [-0.15, -0.1) is 0 Å². The van der Waals surface area contributed by atoms with Gasteiger partial charge in [0.2, 0.25) is 0 Å². The zero-order valence-electron chi connectivity index (χ0n) is 10.0. The lowest BCUT2D eigenvalue weighted by Crippen LogP contribution is -2.12. The third kappa shape index (κ3) is 4.48. The molecule has 1 aromatic carbocycles. The van der Waals surface area contributed by atoms with Gasteiger partial charge in [-0.2, -0.15) is 0 Å². The summed E-state index contributed by atoms with van der Waals surface area (Å²) in [7, 11) is 0. The molecule has 0 fully saturated rings. The second-order valence-corrected chi connectivity index (χ2v) is 4.76. The maximum atomic E-state index is 9.88. The number of benzene rings is 1. The molecular weight excluding hydrogens is 184 g/mol. The molecule has 0 aliphatic carbocycles. The van der Waals surface area contributed by atoms with E-state index in [1.807, 2.05) is 12.1 Å². The van der Waals surface area contributed by atoms with Crippen LogP contribution in [0.3, 0.4) is 0 Å². The molecule has 1 nitrogen and oxygen atoms in total. The number of hydrogen-bond acceptors (Lipinski definition) is 1.